The molecular weight excluding hydrogens is 260 g/mol. The van der Waals surface area contributed by atoms with E-state index in [9.17, 15) is 5.11 Å². The Balaban J connectivity index is 1.58. The van der Waals surface area contributed by atoms with Crippen LogP contribution >= 0.6 is 0 Å². The fourth-order valence-electron chi connectivity index (χ4n) is 4.15. The summed E-state index contributed by atoms with van der Waals surface area (Å²) in [6, 6.07) is 0.813. The van der Waals surface area contributed by atoms with Gasteiger partial charge in [0.25, 0.3) is 0 Å². The minimum atomic E-state index is -0.116. The van der Waals surface area contributed by atoms with Gasteiger partial charge in [-0.25, -0.2) is 0 Å². The molecule has 0 amide bonds. The van der Waals surface area contributed by atoms with E-state index < -0.39 is 0 Å². The van der Waals surface area contributed by atoms with Crippen molar-refractivity contribution in [1.82, 2.24) is 10.2 Å². The van der Waals surface area contributed by atoms with Crippen molar-refractivity contribution < 1.29 is 5.11 Å². The topological polar surface area (TPSA) is 35.5 Å². The highest BCUT2D eigenvalue weighted by Gasteiger charge is 2.38. The molecule has 0 aromatic heterocycles. The number of β-amino-alcohol motifs (C(OH)–C–C–N with tert-alkyl or cyclic N) is 1. The molecule has 2 unspecified atom stereocenters. The van der Waals surface area contributed by atoms with Crippen LogP contribution in [-0.4, -0.2) is 48.3 Å². The molecule has 0 radical (unpaired) electrons. The van der Waals surface area contributed by atoms with Crippen molar-refractivity contribution in [2.24, 2.45) is 17.3 Å². The summed E-state index contributed by atoms with van der Waals surface area (Å²) in [6.45, 7) is 9.07. The number of aliphatic hydroxyl groups is 1. The molecule has 0 aromatic rings. The third kappa shape index (κ3) is 4.20. The Bertz CT molecular complexity index is 334. The Morgan fingerprint density at radius 3 is 2.43 bits per heavy atom. The van der Waals surface area contributed by atoms with Gasteiger partial charge in [0.2, 0.25) is 0 Å². The van der Waals surface area contributed by atoms with Crippen molar-refractivity contribution in [3.8, 4) is 0 Å². The first-order chi connectivity index (χ1) is 10.1. The standard InChI is InChI=1S/C18H34N2O/c1-14-5-8-18(9-6-14,12-19-16-3-4-16)13-20-10-7-15(2)17(21)11-20/h14-17,19,21H,3-13H2,1-2H3. The number of likely N-dealkylation sites (tertiary alicyclic amines) is 1. The molecule has 2 N–H and O–H groups in total. The van der Waals surface area contributed by atoms with Crippen molar-refractivity contribution in [2.45, 2.75) is 70.9 Å². The van der Waals surface area contributed by atoms with Gasteiger partial charge in [-0.15, -0.1) is 0 Å². The van der Waals surface area contributed by atoms with Gasteiger partial charge in [0, 0.05) is 25.7 Å². The van der Waals surface area contributed by atoms with E-state index in [0.717, 1.165) is 24.9 Å². The van der Waals surface area contributed by atoms with Crippen molar-refractivity contribution in [3.63, 3.8) is 0 Å². The van der Waals surface area contributed by atoms with Crippen molar-refractivity contribution in [2.75, 3.05) is 26.2 Å². The molecule has 0 aromatic carbocycles. The van der Waals surface area contributed by atoms with Gasteiger partial charge in [-0.05, 0) is 55.9 Å². The van der Waals surface area contributed by atoms with Crippen molar-refractivity contribution in [3.05, 3.63) is 0 Å². The largest absolute Gasteiger partial charge is 0.392 e. The van der Waals surface area contributed by atoms with Gasteiger partial charge in [0.05, 0.1) is 6.10 Å². The summed E-state index contributed by atoms with van der Waals surface area (Å²) in [5.41, 5.74) is 0.468. The van der Waals surface area contributed by atoms with Crippen LogP contribution in [0.15, 0.2) is 0 Å². The normalized spacial score (nSPS) is 42.1. The molecule has 3 nitrogen and oxygen atoms in total. The van der Waals surface area contributed by atoms with Crippen LogP contribution in [0, 0.1) is 17.3 Å². The van der Waals surface area contributed by atoms with Crippen LogP contribution in [0.5, 0.6) is 0 Å². The first-order valence-corrected chi connectivity index (χ1v) is 9.20. The average molecular weight is 294 g/mol. The maximum absolute atomic E-state index is 10.2. The molecular formula is C18H34N2O. The van der Waals surface area contributed by atoms with Crippen LogP contribution in [0.1, 0.15) is 58.8 Å². The Hall–Kier alpha value is -0.120. The van der Waals surface area contributed by atoms with Crippen LogP contribution in [0.3, 0.4) is 0 Å². The average Bonchev–Trinajstić information content (AvgIpc) is 3.28. The predicted molar refractivity (Wildman–Crippen MR) is 87.3 cm³/mol. The second-order valence-electron chi connectivity index (χ2n) is 8.41. The molecule has 1 saturated heterocycles. The maximum atomic E-state index is 10.2. The molecule has 3 fully saturated rings. The molecule has 122 valence electrons. The van der Waals surface area contributed by atoms with E-state index in [1.165, 1.54) is 58.2 Å². The molecule has 3 aliphatic rings. The van der Waals surface area contributed by atoms with E-state index in [-0.39, 0.29) is 6.10 Å². The zero-order valence-electron chi connectivity index (χ0n) is 14.0. The summed E-state index contributed by atoms with van der Waals surface area (Å²) in [4.78, 5) is 2.55. The number of aliphatic hydroxyl groups excluding tert-OH is 1. The summed E-state index contributed by atoms with van der Waals surface area (Å²) in [6.07, 6.45) is 9.32. The summed E-state index contributed by atoms with van der Waals surface area (Å²) < 4.78 is 0. The smallest absolute Gasteiger partial charge is 0.0693 e. The summed E-state index contributed by atoms with van der Waals surface area (Å²) in [7, 11) is 0. The monoisotopic (exact) mass is 294 g/mol. The van der Waals surface area contributed by atoms with Gasteiger partial charge >= 0.3 is 0 Å². The lowest BCUT2D eigenvalue weighted by Crippen LogP contribution is -2.51. The second-order valence-corrected chi connectivity index (χ2v) is 8.41. The molecule has 0 bridgehead atoms. The van der Waals surface area contributed by atoms with E-state index in [0.29, 0.717) is 11.3 Å². The first-order valence-electron chi connectivity index (χ1n) is 9.20. The lowest BCUT2D eigenvalue weighted by molar-refractivity contribution is -0.00106. The van der Waals surface area contributed by atoms with Crippen LogP contribution in [0.4, 0.5) is 0 Å². The van der Waals surface area contributed by atoms with E-state index >= 15 is 0 Å². The Morgan fingerprint density at radius 2 is 1.81 bits per heavy atom. The van der Waals surface area contributed by atoms with E-state index in [1.807, 2.05) is 0 Å². The van der Waals surface area contributed by atoms with Crippen LogP contribution < -0.4 is 5.32 Å². The Kier molecular flexibility index (Phi) is 4.92. The fourth-order valence-corrected chi connectivity index (χ4v) is 4.15. The second kappa shape index (κ2) is 6.55. The number of rotatable bonds is 5. The Morgan fingerprint density at radius 1 is 1.10 bits per heavy atom. The van der Waals surface area contributed by atoms with Gasteiger partial charge < -0.3 is 15.3 Å². The number of hydrogen-bond donors (Lipinski definition) is 2. The number of nitrogens with one attached hydrogen (secondary N) is 1. The third-order valence-corrected chi connectivity index (χ3v) is 6.24. The van der Waals surface area contributed by atoms with E-state index in [1.54, 1.807) is 0 Å². The molecule has 21 heavy (non-hydrogen) atoms. The fraction of sp³-hybridized carbons (Fsp3) is 1.00. The van der Waals surface area contributed by atoms with Gasteiger partial charge in [-0.3, -0.25) is 0 Å². The van der Waals surface area contributed by atoms with Crippen molar-refractivity contribution >= 4 is 0 Å². The highest BCUT2D eigenvalue weighted by Crippen LogP contribution is 2.40. The summed E-state index contributed by atoms with van der Waals surface area (Å²) >= 11 is 0. The SMILES string of the molecule is CC1CCC(CNC2CC2)(CN2CCC(C)C(O)C2)CC1. The van der Waals surface area contributed by atoms with Gasteiger partial charge in [0.15, 0.2) is 0 Å². The highest BCUT2D eigenvalue weighted by atomic mass is 16.3. The minimum Gasteiger partial charge on any atom is -0.392 e. The molecule has 2 atom stereocenters. The third-order valence-electron chi connectivity index (χ3n) is 6.24. The predicted octanol–water partition coefficient (Wildman–Crippen LogP) is 2.64. The molecule has 0 spiro atoms. The van der Waals surface area contributed by atoms with Crippen molar-refractivity contribution in [1.29, 1.82) is 0 Å². The van der Waals surface area contributed by atoms with E-state index in [2.05, 4.69) is 24.1 Å². The first kappa shape index (κ1) is 15.8. The number of piperidine rings is 1. The molecule has 1 heterocycles. The summed E-state index contributed by atoms with van der Waals surface area (Å²) in [5, 5.41) is 14.0. The zero-order chi connectivity index (χ0) is 14.9. The van der Waals surface area contributed by atoms with E-state index in [4.69, 9.17) is 0 Å². The highest BCUT2D eigenvalue weighted by molar-refractivity contribution is 4.93. The maximum Gasteiger partial charge on any atom is 0.0693 e. The Labute approximate surface area is 130 Å². The van der Waals surface area contributed by atoms with Crippen LogP contribution in [0.2, 0.25) is 0 Å². The van der Waals surface area contributed by atoms with Gasteiger partial charge in [-0.2, -0.15) is 0 Å². The molecule has 1 aliphatic heterocycles. The van der Waals surface area contributed by atoms with Crippen LogP contribution in [0.25, 0.3) is 0 Å². The molecule has 3 rings (SSSR count). The minimum absolute atomic E-state index is 0.116. The quantitative estimate of drug-likeness (QED) is 0.818. The van der Waals surface area contributed by atoms with Gasteiger partial charge in [0.1, 0.15) is 0 Å². The molecule has 2 saturated carbocycles. The lowest BCUT2D eigenvalue weighted by atomic mass is 9.70. The number of nitrogens with zero attached hydrogens (tertiary/aromatic N) is 1. The zero-order valence-corrected chi connectivity index (χ0v) is 14.0. The van der Waals surface area contributed by atoms with Crippen LogP contribution in [-0.2, 0) is 0 Å². The molecule has 2 aliphatic carbocycles. The molecule has 3 heteroatoms. The summed E-state index contributed by atoms with van der Waals surface area (Å²) in [5.74, 6) is 1.39. The lowest BCUT2D eigenvalue weighted by Gasteiger charge is -2.45. The van der Waals surface area contributed by atoms with Gasteiger partial charge in [-0.1, -0.05) is 26.7 Å². The number of hydrogen-bond acceptors (Lipinski definition) is 3.